The zero-order valence-corrected chi connectivity index (χ0v) is 14.9. The van der Waals surface area contributed by atoms with Gasteiger partial charge < -0.3 is 20.1 Å². The molecular weight excluding hydrogens is 332 g/mol. The third-order valence-corrected chi connectivity index (χ3v) is 5.60. The Morgan fingerprint density at radius 2 is 2.30 bits per heavy atom. The highest BCUT2D eigenvalue weighted by Gasteiger charge is 2.28. The van der Waals surface area contributed by atoms with Gasteiger partial charge >= 0.3 is 5.97 Å². The van der Waals surface area contributed by atoms with Crippen LogP contribution in [0.2, 0.25) is 0 Å². The Kier molecular flexibility index (Phi) is 5.50. The summed E-state index contributed by atoms with van der Waals surface area (Å²) in [5, 5.41) is 7.71. The standard InChI is InChI=1S/C16H22N2O3S2/c1-2-20-15(19)13-11-6-3-7-12(11)23-14(13)18-16(22)17-9-10-5-4-8-21-10/h10H,2-9H2,1H3,(H2,17,18,22)/t10-/m1/s1. The van der Waals surface area contributed by atoms with Crippen molar-refractivity contribution in [1.29, 1.82) is 0 Å². The van der Waals surface area contributed by atoms with E-state index < -0.39 is 0 Å². The smallest absolute Gasteiger partial charge is 0.341 e. The average molecular weight is 354 g/mol. The molecule has 23 heavy (non-hydrogen) atoms. The van der Waals surface area contributed by atoms with E-state index in [-0.39, 0.29) is 12.1 Å². The van der Waals surface area contributed by atoms with Crippen molar-refractivity contribution in [3.63, 3.8) is 0 Å². The summed E-state index contributed by atoms with van der Waals surface area (Å²) in [5.41, 5.74) is 1.81. The van der Waals surface area contributed by atoms with Crippen LogP contribution in [0.15, 0.2) is 0 Å². The van der Waals surface area contributed by atoms with Crippen LogP contribution in [0, 0.1) is 0 Å². The Balaban J connectivity index is 1.66. The highest BCUT2D eigenvalue weighted by molar-refractivity contribution is 7.80. The number of carbonyl (C=O) groups excluding carboxylic acids is 1. The summed E-state index contributed by atoms with van der Waals surface area (Å²) in [7, 11) is 0. The van der Waals surface area contributed by atoms with Gasteiger partial charge in [0.05, 0.1) is 18.3 Å². The summed E-state index contributed by atoms with van der Waals surface area (Å²) < 4.78 is 10.8. The number of thiophene rings is 1. The molecule has 5 nitrogen and oxygen atoms in total. The molecule has 126 valence electrons. The normalized spacial score (nSPS) is 19.4. The summed E-state index contributed by atoms with van der Waals surface area (Å²) in [6.07, 6.45) is 5.48. The van der Waals surface area contributed by atoms with E-state index in [1.165, 1.54) is 4.88 Å². The van der Waals surface area contributed by atoms with Gasteiger partial charge in [0.1, 0.15) is 5.00 Å². The Labute approximate surface area is 145 Å². The first-order valence-electron chi connectivity index (χ1n) is 8.17. The molecule has 0 unspecified atom stereocenters. The van der Waals surface area contributed by atoms with E-state index in [1.807, 2.05) is 6.92 Å². The quantitative estimate of drug-likeness (QED) is 0.626. The molecule has 0 spiro atoms. The molecule has 1 aromatic heterocycles. The molecule has 1 aliphatic heterocycles. The van der Waals surface area contributed by atoms with E-state index >= 15 is 0 Å². The van der Waals surface area contributed by atoms with Crippen LogP contribution in [0.3, 0.4) is 0 Å². The van der Waals surface area contributed by atoms with E-state index in [4.69, 9.17) is 21.7 Å². The van der Waals surface area contributed by atoms with Gasteiger partial charge in [0.25, 0.3) is 0 Å². The second-order valence-corrected chi connectivity index (χ2v) is 7.27. The summed E-state index contributed by atoms with van der Waals surface area (Å²) in [5.74, 6) is -0.253. The number of esters is 1. The van der Waals surface area contributed by atoms with Gasteiger partial charge in [-0.1, -0.05) is 0 Å². The second kappa shape index (κ2) is 7.59. The van der Waals surface area contributed by atoms with Gasteiger partial charge in [-0.3, -0.25) is 0 Å². The number of ether oxygens (including phenoxy) is 2. The van der Waals surface area contributed by atoms with Crippen LogP contribution in [0.4, 0.5) is 5.00 Å². The number of hydrogen-bond donors (Lipinski definition) is 2. The van der Waals surface area contributed by atoms with Gasteiger partial charge in [-0.25, -0.2) is 4.79 Å². The van der Waals surface area contributed by atoms with Crippen molar-refractivity contribution < 1.29 is 14.3 Å². The topological polar surface area (TPSA) is 59.6 Å². The van der Waals surface area contributed by atoms with E-state index in [9.17, 15) is 4.79 Å². The minimum atomic E-state index is -0.253. The number of fused-ring (bicyclic) bond motifs is 1. The van der Waals surface area contributed by atoms with Crippen molar-refractivity contribution in [1.82, 2.24) is 5.32 Å². The van der Waals surface area contributed by atoms with Crippen molar-refractivity contribution in [3.8, 4) is 0 Å². The third kappa shape index (κ3) is 3.84. The maximum absolute atomic E-state index is 12.3. The van der Waals surface area contributed by atoms with E-state index in [0.29, 0.717) is 23.8 Å². The molecular formula is C16H22N2O3S2. The number of rotatable bonds is 5. The Morgan fingerprint density at radius 1 is 1.43 bits per heavy atom. The van der Waals surface area contributed by atoms with Crippen molar-refractivity contribution >= 4 is 39.6 Å². The molecule has 0 radical (unpaired) electrons. The molecule has 7 heteroatoms. The van der Waals surface area contributed by atoms with Gasteiger partial charge in [0.2, 0.25) is 0 Å². The first-order chi connectivity index (χ1) is 11.2. The first kappa shape index (κ1) is 16.7. The maximum atomic E-state index is 12.3. The lowest BCUT2D eigenvalue weighted by molar-refractivity contribution is 0.0527. The summed E-state index contributed by atoms with van der Waals surface area (Å²) >= 11 is 6.98. The molecule has 1 fully saturated rings. The van der Waals surface area contributed by atoms with Crippen LogP contribution < -0.4 is 10.6 Å². The van der Waals surface area contributed by atoms with E-state index in [2.05, 4.69) is 10.6 Å². The molecule has 1 aromatic rings. The second-order valence-electron chi connectivity index (χ2n) is 5.75. The van der Waals surface area contributed by atoms with Crippen LogP contribution >= 0.6 is 23.6 Å². The van der Waals surface area contributed by atoms with Crippen molar-refractivity contribution in [2.45, 2.75) is 45.1 Å². The molecule has 3 rings (SSSR count). The van der Waals surface area contributed by atoms with Gasteiger partial charge in [-0.2, -0.15) is 0 Å². The number of carbonyl (C=O) groups is 1. The predicted octanol–water partition coefficient (Wildman–Crippen LogP) is 2.88. The molecule has 1 saturated heterocycles. The average Bonchev–Trinajstić information content (AvgIpc) is 3.22. The molecule has 0 bridgehead atoms. The van der Waals surface area contributed by atoms with Crippen molar-refractivity contribution in [2.24, 2.45) is 0 Å². The predicted molar refractivity (Wildman–Crippen MR) is 95.5 cm³/mol. The third-order valence-electron chi connectivity index (χ3n) is 4.14. The van der Waals surface area contributed by atoms with Gasteiger partial charge in [0, 0.05) is 18.0 Å². The van der Waals surface area contributed by atoms with Gasteiger partial charge in [-0.05, 0) is 56.8 Å². The SMILES string of the molecule is CCOC(=O)c1c(NC(=S)NC[C@H]2CCCO2)sc2c1CCC2. The van der Waals surface area contributed by atoms with E-state index in [0.717, 1.165) is 49.3 Å². The van der Waals surface area contributed by atoms with Crippen molar-refractivity contribution in [3.05, 3.63) is 16.0 Å². The molecule has 2 N–H and O–H groups in total. The largest absolute Gasteiger partial charge is 0.462 e. The Bertz CT molecular complexity index is 594. The summed E-state index contributed by atoms with van der Waals surface area (Å²) in [6.45, 7) is 3.73. The summed E-state index contributed by atoms with van der Waals surface area (Å²) in [6, 6.07) is 0. The van der Waals surface area contributed by atoms with Crippen LogP contribution in [-0.4, -0.2) is 36.9 Å². The molecule has 0 saturated carbocycles. The van der Waals surface area contributed by atoms with Crippen LogP contribution in [0.25, 0.3) is 0 Å². The fourth-order valence-electron chi connectivity index (χ4n) is 3.07. The minimum absolute atomic E-state index is 0.229. The highest BCUT2D eigenvalue weighted by atomic mass is 32.1. The zero-order chi connectivity index (χ0) is 16.2. The number of thiocarbonyl (C=S) groups is 1. The van der Waals surface area contributed by atoms with Gasteiger partial charge in [-0.15, -0.1) is 11.3 Å². The number of anilines is 1. The highest BCUT2D eigenvalue weighted by Crippen LogP contribution is 2.39. The lowest BCUT2D eigenvalue weighted by atomic mass is 10.1. The van der Waals surface area contributed by atoms with E-state index in [1.54, 1.807) is 11.3 Å². The molecule has 2 heterocycles. The fourth-order valence-corrected chi connectivity index (χ4v) is 4.60. The lowest BCUT2D eigenvalue weighted by Gasteiger charge is -2.14. The Hall–Kier alpha value is -1.18. The fraction of sp³-hybridized carbons (Fsp3) is 0.625. The van der Waals surface area contributed by atoms with Crippen LogP contribution in [0.5, 0.6) is 0 Å². The molecule has 1 aliphatic carbocycles. The lowest BCUT2D eigenvalue weighted by Crippen LogP contribution is -2.35. The molecule has 0 aromatic carbocycles. The first-order valence-corrected chi connectivity index (χ1v) is 9.39. The molecule has 2 aliphatic rings. The number of hydrogen-bond acceptors (Lipinski definition) is 5. The number of nitrogens with one attached hydrogen (secondary N) is 2. The monoisotopic (exact) mass is 354 g/mol. The van der Waals surface area contributed by atoms with Crippen molar-refractivity contribution in [2.75, 3.05) is 25.1 Å². The molecule has 1 atom stereocenters. The minimum Gasteiger partial charge on any atom is -0.462 e. The maximum Gasteiger partial charge on any atom is 0.341 e. The van der Waals surface area contributed by atoms with Gasteiger partial charge in [0.15, 0.2) is 5.11 Å². The number of aryl methyl sites for hydroxylation is 1. The molecule has 0 amide bonds. The van der Waals surface area contributed by atoms with Crippen LogP contribution in [-0.2, 0) is 22.3 Å². The summed E-state index contributed by atoms with van der Waals surface area (Å²) in [4.78, 5) is 13.6. The zero-order valence-electron chi connectivity index (χ0n) is 13.3. The van der Waals surface area contributed by atoms with Crippen LogP contribution in [0.1, 0.15) is 47.0 Å². The Morgan fingerprint density at radius 3 is 3.04 bits per heavy atom.